The lowest BCUT2D eigenvalue weighted by molar-refractivity contribution is 1.60. The second-order valence-corrected chi connectivity index (χ2v) is 15.2. The van der Waals surface area contributed by atoms with Gasteiger partial charge in [-0.25, -0.2) is 0 Å². The van der Waals surface area contributed by atoms with Crippen molar-refractivity contribution in [3.8, 4) is 66.8 Å². The highest BCUT2D eigenvalue weighted by atomic mass is 14.2. The molecule has 0 aliphatic carbocycles. The largest absolute Gasteiger partial charge is 0.0622 e. The Labute approximate surface area is 339 Å². The highest BCUT2D eigenvalue weighted by Crippen LogP contribution is 2.48. The maximum Gasteiger partial charge on any atom is -0.00261 e. The predicted octanol–water partition coefficient (Wildman–Crippen LogP) is 16.3. The smallest absolute Gasteiger partial charge is 0.00261 e. The van der Waals surface area contributed by atoms with Crippen LogP contribution in [0, 0.1) is 0 Å². The van der Waals surface area contributed by atoms with Crippen molar-refractivity contribution in [2.45, 2.75) is 0 Å². The van der Waals surface area contributed by atoms with E-state index in [1.54, 1.807) is 0 Å². The molecular formula is C58H38. The molecule has 0 bridgehead atoms. The number of fused-ring (bicyclic) bond motifs is 5. The Balaban J connectivity index is 1.26. The molecule has 58 heavy (non-hydrogen) atoms. The zero-order chi connectivity index (χ0) is 38.4. The zero-order valence-electron chi connectivity index (χ0n) is 31.9. The average Bonchev–Trinajstić information content (AvgIpc) is 3.31. The molecular weight excluding hydrogens is 697 g/mol. The van der Waals surface area contributed by atoms with E-state index >= 15 is 0 Å². The van der Waals surface area contributed by atoms with Gasteiger partial charge in [0.15, 0.2) is 0 Å². The van der Waals surface area contributed by atoms with Crippen LogP contribution in [0.2, 0.25) is 0 Å². The first-order valence-electron chi connectivity index (χ1n) is 20.1. The fourth-order valence-corrected chi connectivity index (χ4v) is 9.03. The summed E-state index contributed by atoms with van der Waals surface area (Å²) in [6.07, 6.45) is 0. The summed E-state index contributed by atoms with van der Waals surface area (Å²) in [7, 11) is 0. The third kappa shape index (κ3) is 5.86. The maximum absolute atomic E-state index is 2.50. The van der Waals surface area contributed by atoms with Gasteiger partial charge < -0.3 is 0 Å². The lowest BCUT2D eigenvalue weighted by Gasteiger charge is -2.21. The summed E-state index contributed by atoms with van der Waals surface area (Å²) in [4.78, 5) is 0. The zero-order valence-corrected chi connectivity index (χ0v) is 31.9. The molecule has 0 radical (unpaired) electrons. The van der Waals surface area contributed by atoms with Crippen LogP contribution in [-0.2, 0) is 0 Å². The number of rotatable bonds is 6. The molecule has 0 fully saturated rings. The van der Waals surface area contributed by atoms with E-state index in [1.165, 1.54) is 110 Å². The molecule has 11 aromatic carbocycles. The molecule has 0 aliphatic rings. The third-order valence-electron chi connectivity index (χ3n) is 11.8. The number of hydrogen-bond acceptors (Lipinski definition) is 0. The Morgan fingerprint density at radius 3 is 1.02 bits per heavy atom. The lowest BCUT2D eigenvalue weighted by atomic mass is 9.82. The SMILES string of the molecule is c1ccc(-c2ccc(-c3c4ccccc4c(-c4ccc(-c5ccccc5)cc4)c4cc5c(cc34)c(-c3ccccc3)cc3ccc(-c4ccccc4)cc35)cc2)cc1. The van der Waals surface area contributed by atoms with Crippen LogP contribution in [0.3, 0.4) is 0 Å². The Kier molecular flexibility index (Phi) is 8.26. The number of hydrogen-bond donors (Lipinski definition) is 0. The van der Waals surface area contributed by atoms with Gasteiger partial charge in [-0.15, -0.1) is 0 Å². The van der Waals surface area contributed by atoms with Gasteiger partial charge in [0.05, 0.1) is 0 Å². The van der Waals surface area contributed by atoms with Gasteiger partial charge in [-0.1, -0.05) is 206 Å². The van der Waals surface area contributed by atoms with Crippen molar-refractivity contribution < 1.29 is 0 Å². The van der Waals surface area contributed by atoms with E-state index in [0.717, 1.165) is 0 Å². The molecule has 0 nitrogen and oxygen atoms in total. The van der Waals surface area contributed by atoms with Gasteiger partial charge in [0.1, 0.15) is 0 Å². The van der Waals surface area contributed by atoms with Gasteiger partial charge in [0, 0.05) is 0 Å². The quantitative estimate of drug-likeness (QED) is 0.118. The summed E-state index contributed by atoms with van der Waals surface area (Å²) >= 11 is 0. The molecule has 0 aliphatic heterocycles. The summed E-state index contributed by atoms with van der Waals surface area (Å²) in [6.45, 7) is 0. The van der Waals surface area contributed by atoms with Crippen molar-refractivity contribution in [1.29, 1.82) is 0 Å². The van der Waals surface area contributed by atoms with Crippen molar-refractivity contribution >= 4 is 43.1 Å². The van der Waals surface area contributed by atoms with Crippen LogP contribution >= 0.6 is 0 Å². The van der Waals surface area contributed by atoms with Crippen LogP contribution in [0.15, 0.2) is 231 Å². The van der Waals surface area contributed by atoms with Crippen LogP contribution in [0.5, 0.6) is 0 Å². The van der Waals surface area contributed by atoms with Gasteiger partial charge >= 0.3 is 0 Å². The van der Waals surface area contributed by atoms with Gasteiger partial charge in [0.2, 0.25) is 0 Å². The Hall–Kier alpha value is -7.54. The van der Waals surface area contributed by atoms with Crippen LogP contribution in [0.4, 0.5) is 0 Å². The first-order chi connectivity index (χ1) is 28.8. The topological polar surface area (TPSA) is 0 Å². The molecule has 0 spiro atoms. The molecule has 0 aromatic heterocycles. The summed E-state index contributed by atoms with van der Waals surface area (Å²) in [5.74, 6) is 0. The summed E-state index contributed by atoms with van der Waals surface area (Å²) in [6, 6.07) is 84.7. The van der Waals surface area contributed by atoms with Crippen LogP contribution in [0.1, 0.15) is 0 Å². The molecule has 0 unspecified atom stereocenters. The molecule has 0 heterocycles. The lowest BCUT2D eigenvalue weighted by Crippen LogP contribution is -1.93. The molecule has 0 amide bonds. The maximum atomic E-state index is 2.50. The molecule has 0 atom stereocenters. The van der Waals surface area contributed by atoms with E-state index in [4.69, 9.17) is 0 Å². The van der Waals surface area contributed by atoms with E-state index < -0.39 is 0 Å². The summed E-state index contributed by atoms with van der Waals surface area (Å²) in [5.41, 5.74) is 14.7. The van der Waals surface area contributed by atoms with Gasteiger partial charge in [-0.2, -0.15) is 0 Å². The highest BCUT2D eigenvalue weighted by molar-refractivity contribution is 6.27. The van der Waals surface area contributed by atoms with E-state index in [2.05, 4.69) is 231 Å². The highest BCUT2D eigenvalue weighted by Gasteiger charge is 2.20. The fourth-order valence-electron chi connectivity index (χ4n) is 9.03. The molecule has 0 saturated heterocycles. The second-order valence-electron chi connectivity index (χ2n) is 15.2. The Morgan fingerprint density at radius 1 is 0.172 bits per heavy atom. The molecule has 0 saturated carbocycles. The molecule has 11 rings (SSSR count). The monoisotopic (exact) mass is 734 g/mol. The van der Waals surface area contributed by atoms with Crippen molar-refractivity contribution in [2.75, 3.05) is 0 Å². The van der Waals surface area contributed by atoms with E-state index in [9.17, 15) is 0 Å². The first kappa shape index (κ1) is 33.8. The summed E-state index contributed by atoms with van der Waals surface area (Å²) < 4.78 is 0. The normalized spacial score (nSPS) is 11.4. The van der Waals surface area contributed by atoms with Crippen molar-refractivity contribution in [3.05, 3.63) is 231 Å². The Bertz CT molecular complexity index is 3260. The minimum Gasteiger partial charge on any atom is -0.0622 e. The third-order valence-corrected chi connectivity index (χ3v) is 11.8. The fraction of sp³-hybridized carbons (Fsp3) is 0. The Morgan fingerprint density at radius 2 is 0.534 bits per heavy atom. The number of benzene rings is 11. The molecule has 0 heteroatoms. The summed E-state index contributed by atoms with van der Waals surface area (Å²) in [5, 5.41) is 9.98. The molecule has 0 N–H and O–H groups in total. The van der Waals surface area contributed by atoms with E-state index in [0.29, 0.717) is 0 Å². The minimum absolute atomic E-state index is 1.21. The first-order valence-corrected chi connectivity index (χ1v) is 20.1. The van der Waals surface area contributed by atoms with Crippen molar-refractivity contribution in [1.82, 2.24) is 0 Å². The van der Waals surface area contributed by atoms with Gasteiger partial charge in [-0.3, -0.25) is 0 Å². The minimum atomic E-state index is 1.21. The van der Waals surface area contributed by atoms with Gasteiger partial charge in [-0.05, 0) is 134 Å². The van der Waals surface area contributed by atoms with Crippen molar-refractivity contribution in [3.63, 3.8) is 0 Å². The second kappa shape index (κ2) is 14.2. The van der Waals surface area contributed by atoms with Crippen molar-refractivity contribution in [2.24, 2.45) is 0 Å². The average molecular weight is 735 g/mol. The van der Waals surface area contributed by atoms with Gasteiger partial charge in [0.25, 0.3) is 0 Å². The van der Waals surface area contributed by atoms with E-state index in [1.807, 2.05) is 0 Å². The standard InChI is InChI=1S/C58H38/c1-5-15-39(16-6-1)42-25-29-45(30-26-42)57-49-23-13-14-24-50(49)58(46-31-27-43(28-32-46)40-17-7-2-8-18-40)56-38-54-52-35-47(41-19-9-3-10-20-41)33-34-48(52)36-51(53(54)37-55(56)57)44-21-11-4-12-22-44/h1-38H. The molecule has 270 valence electrons. The van der Waals surface area contributed by atoms with Crippen LogP contribution in [0.25, 0.3) is 110 Å². The van der Waals surface area contributed by atoms with Crippen LogP contribution in [-0.4, -0.2) is 0 Å². The van der Waals surface area contributed by atoms with Crippen LogP contribution < -0.4 is 0 Å². The predicted molar refractivity (Wildman–Crippen MR) is 249 cm³/mol. The van der Waals surface area contributed by atoms with E-state index in [-0.39, 0.29) is 0 Å². The molecule has 11 aromatic rings.